The largest absolute Gasteiger partial charge is 0.508 e. The third kappa shape index (κ3) is 3.10. The average molecular weight is 506 g/mol. The fourth-order valence-corrected chi connectivity index (χ4v) is 4.87. The van der Waals surface area contributed by atoms with Gasteiger partial charge in [-0.1, -0.05) is 30.3 Å². The Labute approximate surface area is 180 Å². The first kappa shape index (κ1) is 19.8. The van der Waals surface area contributed by atoms with Crippen LogP contribution in [0.15, 0.2) is 48.5 Å². The molecule has 2 aromatic carbocycles. The van der Waals surface area contributed by atoms with Crippen LogP contribution in [-0.4, -0.2) is 38.4 Å². The predicted molar refractivity (Wildman–Crippen MR) is 112 cm³/mol. The normalized spacial score (nSPS) is 28.6. The third-order valence-corrected chi connectivity index (χ3v) is 6.50. The Kier molecular flexibility index (Phi) is 4.86. The highest BCUT2D eigenvalue weighted by Gasteiger charge is 2.66. The molecule has 150 valence electrons. The topological polar surface area (TPSA) is 107 Å². The lowest BCUT2D eigenvalue weighted by molar-refractivity contribution is -0.150. The summed E-state index contributed by atoms with van der Waals surface area (Å²) in [5, 5.41) is 23.2. The molecule has 8 heteroatoms. The monoisotopic (exact) mass is 506 g/mol. The Morgan fingerprint density at radius 3 is 2.52 bits per heavy atom. The van der Waals surface area contributed by atoms with Crippen LogP contribution in [0.5, 0.6) is 5.75 Å². The van der Waals surface area contributed by atoms with Gasteiger partial charge >= 0.3 is 5.97 Å². The summed E-state index contributed by atoms with van der Waals surface area (Å²) in [6.45, 7) is 1.52. The average Bonchev–Trinajstić information content (AvgIpc) is 3.14. The van der Waals surface area contributed by atoms with Crippen molar-refractivity contribution >= 4 is 40.4 Å². The van der Waals surface area contributed by atoms with Crippen LogP contribution in [-0.2, 0) is 20.9 Å². The van der Waals surface area contributed by atoms with Gasteiger partial charge in [-0.3, -0.25) is 24.6 Å². The molecule has 0 radical (unpaired) electrons. The summed E-state index contributed by atoms with van der Waals surface area (Å²) >= 11 is 2.08. The minimum absolute atomic E-state index is 0.0435. The molecule has 4 atom stereocenters. The number of nitrogens with one attached hydrogen (secondary N) is 1. The Hall–Kier alpha value is -2.46. The first-order valence-corrected chi connectivity index (χ1v) is 10.2. The van der Waals surface area contributed by atoms with Gasteiger partial charge in [0.2, 0.25) is 11.8 Å². The predicted octanol–water partition coefficient (Wildman–Crippen LogP) is 2.29. The molecule has 2 aromatic rings. The van der Waals surface area contributed by atoms with Crippen molar-refractivity contribution in [3.8, 4) is 5.75 Å². The lowest BCUT2D eigenvalue weighted by Gasteiger charge is -2.27. The highest BCUT2D eigenvalue weighted by molar-refractivity contribution is 14.1. The number of rotatable bonds is 4. The van der Waals surface area contributed by atoms with Crippen LogP contribution >= 0.6 is 22.6 Å². The van der Waals surface area contributed by atoms with Gasteiger partial charge in [0.25, 0.3) is 0 Å². The molecule has 29 heavy (non-hydrogen) atoms. The zero-order valence-electron chi connectivity index (χ0n) is 15.5. The molecular formula is C21H19IN2O5. The summed E-state index contributed by atoms with van der Waals surface area (Å²) in [6, 6.07) is 13.2. The van der Waals surface area contributed by atoms with E-state index in [9.17, 15) is 24.6 Å². The molecule has 2 aliphatic heterocycles. The van der Waals surface area contributed by atoms with Gasteiger partial charge in [-0.2, -0.15) is 0 Å². The summed E-state index contributed by atoms with van der Waals surface area (Å²) in [4.78, 5) is 39.7. The Morgan fingerprint density at radius 2 is 1.86 bits per heavy atom. The van der Waals surface area contributed by atoms with Gasteiger partial charge in [-0.05, 0) is 53.3 Å². The van der Waals surface area contributed by atoms with Crippen LogP contribution in [0.3, 0.4) is 0 Å². The molecule has 7 nitrogen and oxygen atoms in total. The van der Waals surface area contributed by atoms with E-state index in [-0.39, 0.29) is 12.3 Å². The van der Waals surface area contributed by atoms with E-state index in [0.717, 1.165) is 14.0 Å². The zero-order valence-corrected chi connectivity index (χ0v) is 17.7. The molecule has 2 saturated heterocycles. The van der Waals surface area contributed by atoms with Gasteiger partial charge in [-0.15, -0.1) is 0 Å². The third-order valence-electron chi connectivity index (χ3n) is 5.83. The number of amides is 2. The Morgan fingerprint density at radius 1 is 1.17 bits per heavy atom. The van der Waals surface area contributed by atoms with E-state index in [0.29, 0.717) is 5.56 Å². The molecule has 0 bridgehead atoms. The lowest BCUT2D eigenvalue weighted by atomic mass is 9.80. The van der Waals surface area contributed by atoms with E-state index in [1.807, 2.05) is 30.3 Å². The number of phenolic OH excluding ortho intramolecular Hbond substituents is 1. The van der Waals surface area contributed by atoms with E-state index in [2.05, 4.69) is 27.9 Å². The van der Waals surface area contributed by atoms with Gasteiger partial charge in [0.05, 0.1) is 18.4 Å². The number of benzene rings is 2. The summed E-state index contributed by atoms with van der Waals surface area (Å²) in [6.07, 6.45) is 0. The van der Waals surface area contributed by atoms with Crippen molar-refractivity contribution in [2.24, 2.45) is 11.8 Å². The van der Waals surface area contributed by atoms with Crippen molar-refractivity contribution in [2.45, 2.75) is 25.0 Å². The second kappa shape index (κ2) is 7.10. The van der Waals surface area contributed by atoms with E-state index < -0.39 is 41.2 Å². The second-order valence-electron chi connectivity index (χ2n) is 7.58. The van der Waals surface area contributed by atoms with Crippen LogP contribution in [0.2, 0.25) is 0 Å². The standard InChI is InChI=1S/C21H19IN2O5/c1-21(20(28)29)16-15(17(23-21)13-9-12(22)7-8-14(13)25)18(26)24(19(16)27)10-11-5-3-2-4-6-11/h2-9,15-17,23,25H,10H2,1H3,(H,28,29)/t15-,16+,17+,21-/m0/s1. The molecule has 2 amide bonds. The summed E-state index contributed by atoms with van der Waals surface area (Å²) < 4.78 is 0.829. The zero-order chi connectivity index (χ0) is 20.9. The number of phenols is 1. The van der Waals surface area contributed by atoms with Crippen molar-refractivity contribution in [2.75, 3.05) is 0 Å². The molecule has 4 rings (SSSR count). The number of likely N-dealkylation sites (tertiary alicyclic amines) is 1. The van der Waals surface area contributed by atoms with Crippen LogP contribution < -0.4 is 5.32 Å². The van der Waals surface area contributed by atoms with E-state index in [1.54, 1.807) is 12.1 Å². The van der Waals surface area contributed by atoms with Gasteiger partial charge in [0, 0.05) is 15.2 Å². The van der Waals surface area contributed by atoms with E-state index >= 15 is 0 Å². The molecule has 0 aliphatic carbocycles. The first-order valence-electron chi connectivity index (χ1n) is 9.12. The van der Waals surface area contributed by atoms with Gasteiger partial charge in [0.15, 0.2) is 0 Å². The molecule has 0 spiro atoms. The van der Waals surface area contributed by atoms with Crippen molar-refractivity contribution in [3.63, 3.8) is 0 Å². The number of hydrogen-bond donors (Lipinski definition) is 3. The van der Waals surface area contributed by atoms with Crippen LogP contribution in [0.1, 0.15) is 24.1 Å². The number of fused-ring (bicyclic) bond motifs is 1. The molecule has 0 aromatic heterocycles. The summed E-state index contributed by atoms with van der Waals surface area (Å²) in [7, 11) is 0. The van der Waals surface area contributed by atoms with Gasteiger partial charge in [-0.25, -0.2) is 0 Å². The number of halogens is 1. The number of imide groups is 1. The maximum absolute atomic E-state index is 13.3. The van der Waals surface area contributed by atoms with Crippen molar-refractivity contribution in [1.82, 2.24) is 10.2 Å². The fraction of sp³-hybridized carbons (Fsp3) is 0.286. The van der Waals surface area contributed by atoms with Crippen LogP contribution in [0.4, 0.5) is 0 Å². The number of carbonyl (C=O) groups excluding carboxylic acids is 2. The first-order chi connectivity index (χ1) is 13.7. The molecule has 3 N–H and O–H groups in total. The second-order valence-corrected chi connectivity index (χ2v) is 8.83. The molecule has 0 saturated carbocycles. The van der Waals surface area contributed by atoms with Crippen molar-refractivity contribution < 1.29 is 24.6 Å². The molecule has 0 unspecified atom stereocenters. The maximum atomic E-state index is 13.3. The SMILES string of the molecule is C[C@]1(C(=O)O)N[C@H](c2cc(I)ccc2O)[C@H]2C(=O)N(Cc3ccccc3)C(=O)[C@@H]21. The highest BCUT2D eigenvalue weighted by Crippen LogP contribution is 2.50. The van der Waals surface area contributed by atoms with Gasteiger partial charge in [0.1, 0.15) is 11.3 Å². The smallest absolute Gasteiger partial charge is 0.324 e. The number of aromatic hydroxyl groups is 1. The van der Waals surface area contributed by atoms with E-state index in [1.165, 1.54) is 13.0 Å². The number of carboxylic acids is 1. The Bertz CT molecular complexity index is 1010. The summed E-state index contributed by atoms with van der Waals surface area (Å²) in [5.74, 6) is -4.14. The van der Waals surface area contributed by atoms with Crippen molar-refractivity contribution in [3.05, 3.63) is 63.2 Å². The van der Waals surface area contributed by atoms with Crippen LogP contribution in [0.25, 0.3) is 0 Å². The number of carbonyl (C=O) groups is 3. The Balaban J connectivity index is 1.78. The quantitative estimate of drug-likeness (QED) is 0.434. The number of aliphatic carboxylic acids is 1. The maximum Gasteiger partial charge on any atom is 0.324 e. The fourth-order valence-electron chi connectivity index (χ4n) is 4.36. The minimum atomic E-state index is -1.62. The molecular weight excluding hydrogens is 487 g/mol. The number of carboxylic acid groups (broad SMARTS) is 1. The van der Waals surface area contributed by atoms with Crippen LogP contribution in [0, 0.1) is 15.4 Å². The lowest BCUT2D eigenvalue weighted by Crippen LogP contribution is -2.53. The van der Waals surface area contributed by atoms with Crippen molar-refractivity contribution in [1.29, 1.82) is 0 Å². The minimum Gasteiger partial charge on any atom is -0.508 e. The summed E-state index contributed by atoms with van der Waals surface area (Å²) in [5.41, 5.74) is -0.422. The molecule has 2 heterocycles. The van der Waals surface area contributed by atoms with Gasteiger partial charge < -0.3 is 10.2 Å². The number of hydrogen-bond acceptors (Lipinski definition) is 5. The highest BCUT2D eigenvalue weighted by atomic mass is 127. The molecule has 2 fully saturated rings. The van der Waals surface area contributed by atoms with E-state index in [4.69, 9.17) is 0 Å². The number of nitrogens with zero attached hydrogens (tertiary/aromatic N) is 1. The molecule has 2 aliphatic rings.